The largest absolute Gasteiger partial charge is 0.468 e. The maximum atomic E-state index is 12.7. The Bertz CT molecular complexity index is 484. The number of ether oxygens (including phenoxy) is 1. The van der Waals surface area contributed by atoms with Crippen LogP contribution in [0.15, 0.2) is 24.3 Å². The number of rotatable bonds is 4. The van der Waals surface area contributed by atoms with Crippen LogP contribution in [0.3, 0.4) is 0 Å². The normalized spacial score (nSPS) is 13.9. The van der Waals surface area contributed by atoms with Gasteiger partial charge in [0, 0.05) is 6.04 Å². The quantitative estimate of drug-likeness (QED) is 0.864. The van der Waals surface area contributed by atoms with Crippen molar-refractivity contribution in [3.05, 3.63) is 35.4 Å². The van der Waals surface area contributed by atoms with Gasteiger partial charge in [-0.2, -0.15) is 13.2 Å². The van der Waals surface area contributed by atoms with E-state index in [-0.39, 0.29) is 0 Å². The zero-order valence-corrected chi connectivity index (χ0v) is 11.8. The first kappa shape index (κ1) is 16.5. The maximum Gasteiger partial charge on any atom is 0.416 e. The summed E-state index contributed by atoms with van der Waals surface area (Å²) in [5, 5.41) is 2.96. The first-order valence-electron chi connectivity index (χ1n) is 6.11. The third-order valence-electron chi connectivity index (χ3n) is 2.99. The molecule has 1 N–H and O–H groups in total. The molecule has 0 amide bonds. The van der Waals surface area contributed by atoms with Gasteiger partial charge in [-0.1, -0.05) is 12.1 Å². The van der Waals surface area contributed by atoms with Gasteiger partial charge >= 0.3 is 12.1 Å². The SMILES string of the molecule is COC(=O)C(C)(C)NC(C)c1cccc(C(F)(F)F)c1. The molecule has 0 radical (unpaired) electrons. The molecule has 0 aliphatic rings. The van der Waals surface area contributed by atoms with Crippen LogP contribution in [0, 0.1) is 0 Å². The number of carbonyl (C=O) groups is 1. The Labute approximate surface area is 116 Å². The van der Waals surface area contributed by atoms with Crippen molar-refractivity contribution < 1.29 is 22.7 Å². The summed E-state index contributed by atoms with van der Waals surface area (Å²) in [6.45, 7) is 4.92. The van der Waals surface area contributed by atoms with Crippen molar-refractivity contribution in [2.45, 2.75) is 38.5 Å². The molecular formula is C14H18F3NO2. The number of hydrogen-bond acceptors (Lipinski definition) is 3. The van der Waals surface area contributed by atoms with Crippen LogP contribution in [-0.2, 0) is 15.7 Å². The summed E-state index contributed by atoms with van der Waals surface area (Å²) in [6, 6.07) is 4.60. The fourth-order valence-electron chi connectivity index (χ4n) is 1.92. The van der Waals surface area contributed by atoms with Crippen molar-refractivity contribution in [2.75, 3.05) is 7.11 Å². The average molecular weight is 289 g/mol. The molecule has 0 saturated heterocycles. The Kier molecular flexibility index (Phi) is 4.81. The number of carbonyl (C=O) groups excluding carboxylic acids is 1. The van der Waals surface area contributed by atoms with Crippen molar-refractivity contribution in [1.29, 1.82) is 0 Å². The van der Waals surface area contributed by atoms with Gasteiger partial charge in [-0.3, -0.25) is 10.1 Å². The fraction of sp³-hybridized carbons (Fsp3) is 0.500. The predicted octanol–water partition coefficient (Wildman–Crippen LogP) is 3.31. The molecular weight excluding hydrogens is 271 g/mol. The van der Waals surface area contributed by atoms with Crippen LogP contribution in [0.5, 0.6) is 0 Å². The summed E-state index contributed by atoms with van der Waals surface area (Å²) in [6.07, 6.45) is -4.38. The van der Waals surface area contributed by atoms with Crippen molar-refractivity contribution in [2.24, 2.45) is 0 Å². The second-order valence-corrected chi connectivity index (χ2v) is 5.11. The van der Waals surface area contributed by atoms with Crippen LogP contribution in [0.4, 0.5) is 13.2 Å². The van der Waals surface area contributed by atoms with Gasteiger partial charge in [-0.15, -0.1) is 0 Å². The van der Waals surface area contributed by atoms with Crippen LogP contribution in [0.25, 0.3) is 0 Å². The summed E-state index contributed by atoms with van der Waals surface area (Å²) >= 11 is 0. The molecule has 1 atom stereocenters. The number of alkyl halides is 3. The molecule has 112 valence electrons. The Morgan fingerprint density at radius 1 is 1.30 bits per heavy atom. The van der Waals surface area contributed by atoms with Gasteiger partial charge < -0.3 is 4.74 Å². The highest BCUT2D eigenvalue weighted by atomic mass is 19.4. The number of nitrogens with one attached hydrogen (secondary N) is 1. The molecule has 1 aromatic rings. The zero-order valence-electron chi connectivity index (χ0n) is 11.8. The van der Waals surface area contributed by atoms with Gasteiger partial charge in [0.2, 0.25) is 0 Å². The first-order chi connectivity index (χ1) is 9.08. The highest BCUT2D eigenvalue weighted by Gasteiger charge is 2.33. The fourth-order valence-corrected chi connectivity index (χ4v) is 1.92. The number of methoxy groups -OCH3 is 1. The summed E-state index contributed by atoms with van der Waals surface area (Å²) in [5.41, 5.74) is -1.24. The number of benzene rings is 1. The molecule has 0 aliphatic heterocycles. The smallest absolute Gasteiger partial charge is 0.416 e. The van der Waals surface area contributed by atoms with E-state index in [0.29, 0.717) is 5.56 Å². The third-order valence-corrected chi connectivity index (χ3v) is 2.99. The van der Waals surface area contributed by atoms with E-state index >= 15 is 0 Å². The molecule has 1 aromatic carbocycles. The van der Waals surface area contributed by atoms with Crippen molar-refractivity contribution in [1.82, 2.24) is 5.32 Å². The maximum absolute atomic E-state index is 12.7. The summed E-state index contributed by atoms with van der Waals surface area (Å²) in [7, 11) is 1.26. The molecule has 3 nitrogen and oxygen atoms in total. The third kappa shape index (κ3) is 3.96. The molecule has 0 fully saturated rings. The van der Waals surface area contributed by atoms with E-state index in [4.69, 9.17) is 0 Å². The topological polar surface area (TPSA) is 38.3 Å². The lowest BCUT2D eigenvalue weighted by molar-refractivity contribution is -0.147. The lowest BCUT2D eigenvalue weighted by atomic mass is 9.99. The molecule has 20 heavy (non-hydrogen) atoms. The van der Waals surface area contributed by atoms with Crippen LogP contribution in [0.1, 0.15) is 37.9 Å². The second-order valence-electron chi connectivity index (χ2n) is 5.11. The molecule has 0 bridgehead atoms. The number of halogens is 3. The van der Waals surface area contributed by atoms with Crippen LogP contribution >= 0.6 is 0 Å². The standard InChI is InChI=1S/C14H18F3NO2/c1-9(18-13(2,3)12(19)20-4)10-6-5-7-11(8-10)14(15,16)17/h5-9,18H,1-4H3. The van der Waals surface area contributed by atoms with Gasteiger partial charge in [0.15, 0.2) is 0 Å². The molecule has 0 spiro atoms. The molecule has 0 heterocycles. The van der Waals surface area contributed by atoms with Gasteiger partial charge in [0.05, 0.1) is 12.7 Å². The zero-order chi connectivity index (χ0) is 15.6. The van der Waals surface area contributed by atoms with E-state index in [9.17, 15) is 18.0 Å². The Hall–Kier alpha value is -1.56. The van der Waals surface area contributed by atoms with Gasteiger partial charge in [-0.05, 0) is 38.5 Å². The molecule has 0 aromatic heterocycles. The summed E-state index contributed by atoms with van der Waals surface area (Å²) in [4.78, 5) is 11.6. The van der Waals surface area contributed by atoms with Gasteiger partial charge in [0.1, 0.15) is 5.54 Å². The van der Waals surface area contributed by atoms with E-state index in [2.05, 4.69) is 10.1 Å². The van der Waals surface area contributed by atoms with Crippen molar-refractivity contribution in [3.8, 4) is 0 Å². The molecule has 1 unspecified atom stereocenters. The van der Waals surface area contributed by atoms with Crippen molar-refractivity contribution in [3.63, 3.8) is 0 Å². The summed E-state index contributed by atoms with van der Waals surface area (Å²) < 4.78 is 42.6. The van der Waals surface area contributed by atoms with E-state index in [1.807, 2.05) is 0 Å². The van der Waals surface area contributed by atoms with E-state index in [1.54, 1.807) is 26.8 Å². The van der Waals surface area contributed by atoms with Crippen molar-refractivity contribution >= 4 is 5.97 Å². The minimum Gasteiger partial charge on any atom is -0.468 e. The molecule has 0 saturated carbocycles. The van der Waals surface area contributed by atoms with E-state index in [1.165, 1.54) is 13.2 Å². The highest BCUT2D eigenvalue weighted by molar-refractivity contribution is 5.79. The van der Waals surface area contributed by atoms with Gasteiger partial charge in [-0.25, -0.2) is 0 Å². The monoisotopic (exact) mass is 289 g/mol. The minimum atomic E-state index is -4.38. The highest BCUT2D eigenvalue weighted by Crippen LogP contribution is 2.31. The van der Waals surface area contributed by atoms with Crippen LogP contribution in [0.2, 0.25) is 0 Å². The average Bonchev–Trinajstić information content (AvgIpc) is 2.36. The minimum absolute atomic E-state index is 0.425. The lowest BCUT2D eigenvalue weighted by Gasteiger charge is -2.28. The van der Waals surface area contributed by atoms with Crippen LogP contribution in [-0.4, -0.2) is 18.6 Å². The molecule has 0 aliphatic carbocycles. The summed E-state index contributed by atoms with van der Waals surface area (Å²) in [5.74, 6) is -0.476. The predicted molar refractivity (Wildman–Crippen MR) is 69.1 cm³/mol. The number of esters is 1. The molecule has 1 rings (SSSR count). The lowest BCUT2D eigenvalue weighted by Crippen LogP contribution is -2.48. The first-order valence-corrected chi connectivity index (χ1v) is 6.11. The Balaban J connectivity index is 2.93. The number of hydrogen-bond donors (Lipinski definition) is 1. The molecule has 6 heteroatoms. The van der Waals surface area contributed by atoms with Gasteiger partial charge in [0.25, 0.3) is 0 Å². The Morgan fingerprint density at radius 3 is 2.40 bits per heavy atom. The Morgan fingerprint density at radius 2 is 1.90 bits per heavy atom. The van der Waals surface area contributed by atoms with E-state index < -0.39 is 29.3 Å². The van der Waals surface area contributed by atoms with E-state index in [0.717, 1.165) is 12.1 Å². The second kappa shape index (κ2) is 5.83. The van der Waals surface area contributed by atoms with Crippen LogP contribution < -0.4 is 5.32 Å².